The zero-order valence-corrected chi connectivity index (χ0v) is 22.7. The number of benzene rings is 2. The molecule has 0 bridgehead atoms. The number of unbranched alkanes of at least 4 members (excludes halogenated alkanes) is 2. The minimum absolute atomic E-state index is 0. The van der Waals surface area contributed by atoms with Crippen molar-refractivity contribution in [3.05, 3.63) is 71.8 Å². The van der Waals surface area contributed by atoms with Gasteiger partial charge in [-0.1, -0.05) is 118 Å². The molecule has 2 aromatic carbocycles. The number of esters is 3. The molecule has 0 N–H and O–H groups in total. The summed E-state index contributed by atoms with van der Waals surface area (Å²) in [6.45, 7) is 8.02. The van der Waals surface area contributed by atoms with Gasteiger partial charge >= 0.3 is 17.9 Å². The minimum Gasteiger partial charge on any atom is -0.466 e. The van der Waals surface area contributed by atoms with Gasteiger partial charge in [-0.3, -0.25) is 24.0 Å². The third-order valence-electron chi connectivity index (χ3n) is 4.72. The van der Waals surface area contributed by atoms with Crippen LogP contribution in [0.25, 0.3) is 0 Å². The Balaban J connectivity index is -0.000000201. The van der Waals surface area contributed by atoms with Crippen molar-refractivity contribution in [2.75, 3.05) is 6.61 Å². The second-order valence-corrected chi connectivity index (χ2v) is 8.04. The van der Waals surface area contributed by atoms with Gasteiger partial charge in [0.25, 0.3) is 0 Å². The summed E-state index contributed by atoms with van der Waals surface area (Å²) in [5.74, 6) is -3.83. The monoisotopic (exact) mass is 590 g/mol. The molecule has 0 saturated heterocycles. The highest BCUT2D eigenvalue weighted by Crippen LogP contribution is 2.04. The molecule has 0 fully saturated rings. The van der Waals surface area contributed by atoms with Crippen LogP contribution in [0.15, 0.2) is 60.7 Å². The smallest absolute Gasteiger partial charge is 0.345 e. The molecule has 0 aliphatic carbocycles. The van der Waals surface area contributed by atoms with E-state index < -0.39 is 48.7 Å². The lowest BCUT2D eigenvalue weighted by atomic mass is 10.1. The lowest BCUT2D eigenvalue weighted by Crippen LogP contribution is -2.19. The molecule has 0 aliphatic heterocycles. The van der Waals surface area contributed by atoms with E-state index in [4.69, 9.17) is 0 Å². The zero-order valence-electron chi connectivity index (χ0n) is 22.7. The second kappa shape index (κ2) is 30.0. The third-order valence-corrected chi connectivity index (χ3v) is 4.72. The molecule has 0 aliphatic rings. The normalized spacial score (nSPS) is 8.57. The third kappa shape index (κ3) is 23.9. The summed E-state index contributed by atoms with van der Waals surface area (Å²) in [5.41, 5.74) is 0.983. The lowest BCUT2D eigenvalue weighted by molar-refractivity contribution is -0.145. The molecule has 0 unspecified atom stereocenters. The fourth-order valence-electron chi connectivity index (χ4n) is 2.83. The first kappa shape index (κ1) is 47.8. The molecule has 8 nitrogen and oxygen atoms in total. The molecule has 8 heteroatoms. The van der Waals surface area contributed by atoms with Gasteiger partial charge in [-0.25, -0.2) is 4.79 Å². The highest BCUT2D eigenvalue weighted by atomic mass is 16.6. The first-order valence-electron chi connectivity index (χ1n) is 12.8. The van der Waals surface area contributed by atoms with Crippen LogP contribution in [0, 0.1) is 0 Å². The van der Waals surface area contributed by atoms with Crippen molar-refractivity contribution >= 4 is 35.3 Å². The SMILES string of the molecule is C.C.C.C.CCC(=O)c1ccccc1.CCCCC.CCOC(=O)CC(=O)CC(=O)CC(=O)OC(=O)c1ccccc1. The summed E-state index contributed by atoms with van der Waals surface area (Å²) in [5, 5.41) is 0. The lowest BCUT2D eigenvalue weighted by Gasteiger charge is -2.03. The number of ketones is 3. The highest BCUT2D eigenvalue weighted by molar-refractivity contribution is 6.10. The van der Waals surface area contributed by atoms with E-state index in [0.29, 0.717) is 6.42 Å². The van der Waals surface area contributed by atoms with E-state index in [9.17, 15) is 28.8 Å². The van der Waals surface area contributed by atoms with Gasteiger partial charge in [-0.15, -0.1) is 0 Å². The van der Waals surface area contributed by atoms with Gasteiger partial charge in [0.15, 0.2) is 17.3 Å². The first-order chi connectivity index (χ1) is 18.2. The molecule has 2 rings (SSSR count). The fraction of sp³-hybridized carbons (Fsp3) is 0.471. The van der Waals surface area contributed by atoms with E-state index in [2.05, 4.69) is 23.3 Å². The molecule has 0 aromatic heterocycles. The summed E-state index contributed by atoms with van der Waals surface area (Å²) < 4.78 is 9.08. The predicted molar refractivity (Wildman–Crippen MR) is 171 cm³/mol. The average Bonchev–Trinajstić information content (AvgIpc) is 2.90. The summed E-state index contributed by atoms with van der Waals surface area (Å²) in [7, 11) is 0. The van der Waals surface area contributed by atoms with Crippen LogP contribution in [0.1, 0.15) is 123 Å². The molecular weight excluding hydrogens is 536 g/mol. The standard InChI is InChI=1S/C16H16O7.C9H10O.C5H12.4CH4/c1-2-22-14(19)9-12(17)8-13(18)10-15(20)23-16(21)11-6-4-3-5-7-11;1-2-9(10)8-6-4-3-5-7-8;1-3-5-4-2;;;;/h3-7H,2,8-10H2,1H3;3-7H,2H2,1H3;3-5H2,1-2H3;4*1H4. The van der Waals surface area contributed by atoms with Gasteiger partial charge in [0, 0.05) is 12.0 Å². The number of carbonyl (C=O) groups excluding carboxylic acids is 6. The van der Waals surface area contributed by atoms with Gasteiger partial charge in [-0.05, 0) is 19.1 Å². The van der Waals surface area contributed by atoms with Gasteiger partial charge in [0.2, 0.25) is 0 Å². The van der Waals surface area contributed by atoms with Crippen molar-refractivity contribution in [1.82, 2.24) is 0 Å². The number of carbonyl (C=O) groups is 6. The highest BCUT2D eigenvalue weighted by Gasteiger charge is 2.20. The molecule has 0 heterocycles. The van der Waals surface area contributed by atoms with E-state index in [1.165, 1.54) is 31.4 Å². The molecular formula is C34H54O8. The maximum Gasteiger partial charge on any atom is 0.345 e. The molecule has 0 spiro atoms. The Morgan fingerprint density at radius 1 is 0.571 bits per heavy atom. The van der Waals surface area contributed by atoms with Crippen LogP contribution in [-0.2, 0) is 28.7 Å². The first-order valence-corrected chi connectivity index (χ1v) is 12.8. The molecule has 238 valence electrons. The number of ether oxygens (including phenoxy) is 2. The van der Waals surface area contributed by atoms with E-state index in [0.717, 1.165) is 5.56 Å². The molecule has 2 aromatic rings. The van der Waals surface area contributed by atoms with Crippen LogP contribution in [-0.4, -0.2) is 41.9 Å². The van der Waals surface area contributed by atoms with Crippen molar-refractivity contribution in [2.45, 2.75) is 102 Å². The van der Waals surface area contributed by atoms with Gasteiger partial charge in [0.05, 0.1) is 18.6 Å². The van der Waals surface area contributed by atoms with E-state index >= 15 is 0 Å². The Hall–Kier alpha value is -3.94. The molecule has 0 atom stereocenters. The van der Waals surface area contributed by atoms with Crippen LogP contribution >= 0.6 is 0 Å². The summed E-state index contributed by atoms with van der Waals surface area (Å²) in [6.07, 6.45) is 2.83. The summed E-state index contributed by atoms with van der Waals surface area (Å²) in [6, 6.07) is 17.1. The Morgan fingerprint density at radius 2 is 1.00 bits per heavy atom. The van der Waals surface area contributed by atoms with E-state index in [-0.39, 0.29) is 47.7 Å². The predicted octanol–water partition coefficient (Wildman–Crippen LogP) is 8.26. The number of rotatable bonds is 12. The van der Waals surface area contributed by atoms with Gasteiger partial charge < -0.3 is 9.47 Å². The topological polar surface area (TPSA) is 121 Å². The largest absolute Gasteiger partial charge is 0.466 e. The van der Waals surface area contributed by atoms with Crippen molar-refractivity contribution in [1.29, 1.82) is 0 Å². The number of Topliss-reactive ketones (excluding diaryl/α,β-unsaturated/α-hetero) is 3. The van der Waals surface area contributed by atoms with Crippen molar-refractivity contribution in [3.8, 4) is 0 Å². The Labute approximate surface area is 254 Å². The van der Waals surface area contributed by atoms with Crippen molar-refractivity contribution in [3.63, 3.8) is 0 Å². The quantitative estimate of drug-likeness (QED) is 0.138. The Kier molecular flexibility index (Phi) is 34.2. The van der Waals surface area contributed by atoms with E-state index in [1.54, 1.807) is 25.1 Å². The molecule has 0 amide bonds. The molecule has 0 saturated carbocycles. The maximum atomic E-state index is 11.6. The van der Waals surface area contributed by atoms with Crippen LogP contribution in [0.2, 0.25) is 0 Å². The van der Waals surface area contributed by atoms with Crippen molar-refractivity contribution < 1.29 is 38.2 Å². The zero-order chi connectivity index (χ0) is 28.8. The Morgan fingerprint density at radius 3 is 1.38 bits per heavy atom. The Bertz CT molecular complexity index is 1010. The van der Waals surface area contributed by atoms with Gasteiger partial charge in [0.1, 0.15) is 12.8 Å². The van der Waals surface area contributed by atoms with Crippen LogP contribution in [0.4, 0.5) is 0 Å². The second-order valence-electron chi connectivity index (χ2n) is 8.04. The van der Waals surface area contributed by atoms with Crippen LogP contribution in [0.3, 0.4) is 0 Å². The maximum absolute atomic E-state index is 11.6. The number of hydrogen-bond donors (Lipinski definition) is 0. The van der Waals surface area contributed by atoms with Crippen LogP contribution in [0.5, 0.6) is 0 Å². The summed E-state index contributed by atoms with van der Waals surface area (Å²) in [4.78, 5) is 68.1. The van der Waals surface area contributed by atoms with Crippen LogP contribution < -0.4 is 0 Å². The molecule has 0 radical (unpaired) electrons. The van der Waals surface area contributed by atoms with Gasteiger partial charge in [-0.2, -0.15) is 0 Å². The summed E-state index contributed by atoms with van der Waals surface area (Å²) >= 11 is 0. The number of hydrogen-bond acceptors (Lipinski definition) is 8. The minimum atomic E-state index is -1.05. The molecule has 42 heavy (non-hydrogen) atoms. The average molecular weight is 591 g/mol. The van der Waals surface area contributed by atoms with E-state index in [1.807, 2.05) is 37.3 Å². The fourth-order valence-corrected chi connectivity index (χ4v) is 2.83. The van der Waals surface area contributed by atoms with Crippen molar-refractivity contribution in [2.24, 2.45) is 0 Å².